The fraction of sp³-hybridized carbons (Fsp3) is 0.364. The molecule has 0 radical (unpaired) electrons. The quantitative estimate of drug-likeness (QED) is 0.653. The predicted octanol–water partition coefficient (Wildman–Crippen LogP) is 1.44. The number of carbonyl (C=O) groups excluding carboxylic acids is 2. The molecule has 3 rings (SSSR count). The minimum atomic E-state index is -1.58. The number of rotatable bonds is 7. The maximum absolute atomic E-state index is 12.5. The summed E-state index contributed by atoms with van der Waals surface area (Å²) in [4.78, 5) is 23.6. The smallest absolute Gasteiger partial charge is 0.338 e. The summed E-state index contributed by atoms with van der Waals surface area (Å²) in [6, 6.07) is 17.5. The molecule has 1 heterocycles. The van der Waals surface area contributed by atoms with Crippen LogP contribution in [0, 0.1) is 0 Å². The monoisotopic (exact) mass is 416 g/mol. The first-order valence-electron chi connectivity index (χ1n) is 9.52. The van der Waals surface area contributed by atoms with E-state index in [1.54, 1.807) is 30.3 Å². The van der Waals surface area contributed by atoms with Crippen LogP contribution in [0.2, 0.25) is 0 Å². The molecule has 0 unspecified atom stereocenters. The van der Waals surface area contributed by atoms with Crippen molar-refractivity contribution in [2.45, 2.75) is 44.2 Å². The van der Waals surface area contributed by atoms with E-state index in [-0.39, 0.29) is 18.8 Å². The van der Waals surface area contributed by atoms with Gasteiger partial charge < -0.3 is 29.2 Å². The van der Waals surface area contributed by atoms with Crippen LogP contribution in [0.1, 0.15) is 22.8 Å². The van der Waals surface area contributed by atoms with Gasteiger partial charge >= 0.3 is 11.9 Å². The minimum absolute atomic E-state index is 0.106. The topological polar surface area (TPSA) is 112 Å². The summed E-state index contributed by atoms with van der Waals surface area (Å²) < 4.78 is 21.5. The molecule has 1 aliphatic rings. The molecule has 30 heavy (non-hydrogen) atoms. The Morgan fingerprint density at radius 2 is 1.60 bits per heavy atom. The summed E-state index contributed by atoms with van der Waals surface area (Å²) in [6.07, 6.45) is -6.34. The van der Waals surface area contributed by atoms with Crippen LogP contribution in [0.25, 0.3) is 0 Å². The Bertz CT molecular complexity index is 826. The van der Waals surface area contributed by atoms with Gasteiger partial charge in [0.2, 0.25) is 0 Å². The normalized spacial score (nSPS) is 26.0. The predicted molar refractivity (Wildman–Crippen MR) is 104 cm³/mol. The van der Waals surface area contributed by atoms with Crippen molar-refractivity contribution in [2.24, 2.45) is 0 Å². The highest BCUT2D eigenvalue weighted by Crippen LogP contribution is 2.27. The summed E-state index contributed by atoms with van der Waals surface area (Å²) in [5, 5.41) is 21.2. The van der Waals surface area contributed by atoms with Gasteiger partial charge in [-0.3, -0.25) is 4.79 Å². The fourth-order valence-corrected chi connectivity index (χ4v) is 3.09. The number of carbonyl (C=O) groups is 2. The Balaban J connectivity index is 1.76. The minimum Gasteiger partial charge on any atom is -0.463 e. The molecule has 1 fully saturated rings. The first-order chi connectivity index (χ1) is 14.5. The zero-order chi connectivity index (χ0) is 21.5. The van der Waals surface area contributed by atoms with Gasteiger partial charge in [0.05, 0.1) is 12.2 Å². The molecule has 0 amide bonds. The lowest BCUT2D eigenvalue weighted by molar-refractivity contribution is -0.295. The van der Waals surface area contributed by atoms with Crippen LogP contribution < -0.4 is 0 Å². The van der Waals surface area contributed by atoms with Crippen molar-refractivity contribution < 1.29 is 38.7 Å². The Morgan fingerprint density at radius 1 is 0.967 bits per heavy atom. The van der Waals surface area contributed by atoms with Crippen LogP contribution in [-0.4, -0.2) is 59.5 Å². The van der Waals surface area contributed by atoms with E-state index in [1.165, 1.54) is 6.92 Å². The van der Waals surface area contributed by atoms with Crippen molar-refractivity contribution >= 4 is 11.9 Å². The molecule has 0 aromatic heterocycles. The van der Waals surface area contributed by atoms with Crippen LogP contribution in [0.15, 0.2) is 60.7 Å². The summed E-state index contributed by atoms with van der Waals surface area (Å²) in [6.45, 7) is 1.05. The van der Waals surface area contributed by atoms with Crippen LogP contribution in [0.5, 0.6) is 0 Å². The highest BCUT2D eigenvalue weighted by Gasteiger charge is 2.48. The van der Waals surface area contributed by atoms with E-state index >= 15 is 0 Å². The molecule has 0 saturated carbocycles. The SMILES string of the molecule is CC(=O)OC[C@H]1O[C@@H](O)[C@H](OC(=O)c2ccccc2)[C@@H](OCc2ccccc2)[C@@H]1O. The Hall–Kier alpha value is -2.78. The van der Waals surface area contributed by atoms with E-state index in [2.05, 4.69) is 0 Å². The van der Waals surface area contributed by atoms with Crippen LogP contribution in [-0.2, 0) is 30.3 Å². The van der Waals surface area contributed by atoms with Crippen molar-refractivity contribution in [3.8, 4) is 0 Å². The molecule has 2 aromatic rings. The van der Waals surface area contributed by atoms with Crippen molar-refractivity contribution in [1.82, 2.24) is 0 Å². The lowest BCUT2D eigenvalue weighted by Gasteiger charge is -2.41. The molecule has 8 nitrogen and oxygen atoms in total. The fourth-order valence-electron chi connectivity index (χ4n) is 3.09. The van der Waals surface area contributed by atoms with E-state index in [0.717, 1.165) is 5.56 Å². The zero-order valence-corrected chi connectivity index (χ0v) is 16.4. The van der Waals surface area contributed by atoms with E-state index in [9.17, 15) is 19.8 Å². The van der Waals surface area contributed by atoms with Crippen molar-refractivity contribution in [2.75, 3.05) is 6.61 Å². The van der Waals surface area contributed by atoms with E-state index in [4.69, 9.17) is 18.9 Å². The third-order valence-corrected chi connectivity index (χ3v) is 4.63. The van der Waals surface area contributed by atoms with Gasteiger partial charge in [0.25, 0.3) is 0 Å². The van der Waals surface area contributed by atoms with Gasteiger partial charge in [-0.15, -0.1) is 0 Å². The first-order valence-corrected chi connectivity index (χ1v) is 9.52. The number of aliphatic hydroxyl groups is 2. The number of ether oxygens (including phenoxy) is 4. The summed E-state index contributed by atoms with van der Waals surface area (Å²) in [7, 11) is 0. The van der Waals surface area contributed by atoms with Crippen LogP contribution >= 0.6 is 0 Å². The average molecular weight is 416 g/mol. The molecular weight excluding hydrogens is 392 g/mol. The molecule has 160 valence electrons. The molecule has 0 bridgehead atoms. The van der Waals surface area contributed by atoms with Gasteiger partial charge in [0.15, 0.2) is 12.4 Å². The van der Waals surface area contributed by atoms with Crippen LogP contribution in [0.3, 0.4) is 0 Å². The third-order valence-electron chi connectivity index (χ3n) is 4.63. The molecule has 5 atom stereocenters. The van der Waals surface area contributed by atoms with Gasteiger partial charge in [0, 0.05) is 6.92 Å². The van der Waals surface area contributed by atoms with Crippen molar-refractivity contribution in [1.29, 1.82) is 0 Å². The van der Waals surface area contributed by atoms with E-state index in [0.29, 0.717) is 0 Å². The van der Waals surface area contributed by atoms with Crippen molar-refractivity contribution in [3.63, 3.8) is 0 Å². The number of hydrogen-bond acceptors (Lipinski definition) is 8. The third kappa shape index (κ3) is 5.64. The maximum atomic E-state index is 12.5. The van der Waals surface area contributed by atoms with Crippen molar-refractivity contribution in [3.05, 3.63) is 71.8 Å². The summed E-state index contributed by atoms with van der Waals surface area (Å²) in [5.74, 6) is -1.25. The second-order valence-corrected chi connectivity index (χ2v) is 6.86. The highest BCUT2D eigenvalue weighted by atomic mass is 16.7. The molecule has 1 saturated heterocycles. The second-order valence-electron chi connectivity index (χ2n) is 6.86. The van der Waals surface area contributed by atoms with Gasteiger partial charge in [-0.1, -0.05) is 48.5 Å². The largest absolute Gasteiger partial charge is 0.463 e. The number of hydrogen-bond donors (Lipinski definition) is 2. The Morgan fingerprint density at radius 3 is 2.23 bits per heavy atom. The standard InChI is InChI=1S/C22H24O8/c1-14(23)27-13-17-18(24)19(28-12-15-8-4-2-5-9-15)20(22(26)29-17)30-21(25)16-10-6-3-7-11-16/h2-11,17-20,22,24,26H,12-13H2,1H3/t17-,18-,19+,20-,22-/m1/s1. The lowest BCUT2D eigenvalue weighted by Crippen LogP contribution is -2.60. The highest BCUT2D eigenvalue weighted by molar-refractivity contribution is 5.89. The summed E-state index contributed by atoms with van der Waals surface area (Å²) in [5.41, 5.74) is 1.11. The lowest BCUT2D eigenvalue weighted by atomic mass is 9.98. The molecule has 2 aromatic carbocycles. The Kier molecular flexibility index (Phi) is 7.53. The Labute approximate surface area is 173 Å². The van der Waals surface area contributed by atoms with Gasteiger partial charge in [-0.05, 0) is 17.7 Å². The van der Waals surface area contributed by atoms with E-state index < -0.39 is 42.6 Å². The van der Waals surface area contributed by atoms with Gasteiger partial charge in [0.1, 0.15) is 24.9 Å². The first kappa shape index (κ1) is 21.9. The van der Waals surface area contributed by atoms with Gasteiger partial charge in [-0.2, -0.15) is 0 Å². The molecule has 1 aliphatic heterocycles. The molecule has 8 heteroatoms. The molecule has 0 spiro atoms. The second kappa shape index (κ2) is 10.3. The van der Waals surface area contributed by atoms with Gasteiger partial charge in [-0.25, -0.2) is 4.79 Å². The molecule has 2 N–H and O–H groups in total. The number of esters is 2. The zero-order valence-electron chi connectivity index (χ0n) is 16.4. The van der Waals surface area contributed by atoms with Crippen LogP contribution in [0.4, 0.5) is 0 Å². The molecule has 0 aliphatic carbocycles. The maximum Gasteiger partial charge on any atom is 0.338 e. The van der Waals surface area contributed by atoms with E-state index in [1.807, 2.05) is 30.3 Å². The number of aliphatic hydroxyl groups excluding tert-OH is 2. The number of benzene rings is 2. The summed E-state index contributed by atoms with van der Waals surface area (Å²) >= 11 is 0. The molecular formula is C22H24O8. The average Bonchev–Trinajstić information content (AvgIpc) is 2.76.